The minimum atomic E-state index is -1.56. The highest BCUT2D eigenvalue weighted by Crippen LogP contribution is 2.48. The standard InChI is InChI=1S/C7H8O6/c1-2-4-3-7(4,12-5(8)9)13-6(10)11/h2,4H,1,3H2,(H,8,9)(H,10,11). The molecule has 0 aromatic rings. The molecule has 6 heteroatoms. The van der Waals surface area contributed by atoms with Crippen molar-refractivity contribution in [2.75, 3.05) is 0 Å². The van der Waals surface area contributed by atoms with Gasteiger partial charge in [-0.1, -0.05) is 6.08 Å². The normalized spacial score (nSPS) is 22.9. The van der Waals surface area contributed by atoms with Gasteiger partial charge in [0.05, 0.1) is 5.92 Å². The second kappa shape index (κ2) is 2.96. The average molecular weight is 188 g/mol. The first kappa shape index (κ1) is 9.37. The van der Waals surface area contributed by atoms with E-state index in [9.17, 15) is 9.59 Å². The van der Waals surface area contributed by atoms with Crippen molar-refractivity contribution in [3.63, 3.8) is 0 Å². The van der Waals surface area contributed by atoms with Crippen LogP contribution in [0.15, 0.2) is 12.7 Å². The predicted octanol–water partition coefficient (Wildman–Crippen LogP) is 1.28. The van der Waals surface area contributed by atoms with Crippen LogP contribution in [-0.4, -0.2) is 28.3 Å². The maximum absolute atomic E-state index is 10.2. The lowest BCUT2D eigenvalue weighted by Crippen LogP contribution is -2.26. The number of ether oxygens (including phenoxy) is 2. The van der Waals surface area contributed by atoms with Crippen LogP contribution in [0.3, 0.4) is 0 Å². The Morgan fingerprint density at radius 2 is 1.85 bits per heavy atom. The zero-order valence-corrected chi connectivity index (χ0v) is 6.60. The Morgan fingerprint density at radius 3 is 2.08 bits per heavy atom. The topological polar surface area (TPSA) is 93.1 Å². The molecule has 13 heavy (non-hydrogen) atoms. The molecule has 1 aliphatic rings. The van der Waals surface area contributed by atoms with E-state index in [1.807, 2.05) is 0 Å². The summed E-state index contributed by atoms with van der Waals surface area (Å²) in [6, 6.07) is 0. The molecule has 1 aliphatic carbocycles. The lowest BCUT2D eigenvalue weighted by atomic mass is 10.4. The number of carbonyl (C=O) groups is 2. The summed E-state index contributed by atoms with van der Waals surface area (Å²) in [4.78, 5) is 20.3. The lowest BCUT2D eigenvalue weighted by Gasteiger charge is -2.13. The van der Waals surface area contributed by atoms with Gasteiger partial charge in [0.15, 0.2) is 0 Å². The molecule has 0 aromatic carbocycles. The maximum Gasteiger partial charge on any atom is 0.509 e. The molecule has 0 aliphatic heterocycles. The Bertz CT molecular complexity index is 242. The molecule has 0 amide bonds. The minimum Gasteiger partial charge on any atom is -0.450 e. The molecule has 1 saturated carbocycles. The second-order valence-electron chi connectivity index (χ2n) is 2.59. The predicted molar refractivity (Wildman–Crippen MR) is 39.3 cm³/mol. The van der Waals surface area contributed by atoms with Crippen LogP contribution >= 0.6 is 0 Å². The van der Waals surface area contributed by atoms with Gasteiger partial charge in [-0.25, -0.2) is 9.59 Å². The van der Waals surface area contributed by atoms with Gasteiger partial charge in [0.25, 0.3) is 5.79 Å². The number of carboxylic acid groups (broad SMARTS) is 2. The van der Waals surface area contributed by atoms with Crippen molar-refractivity contribution in [2.45, 2.75) is 12.2 Å². The molecule has 0 saturated heterocycles. The smallest absolute Gasteiger partial charge is 0.450 e. The maximum atomic E-state index is 10.2. The quantitative estimate of drug-likeness (QED) is 0.393. The van der Waals surface area contributed by atoms with Gasteiger partial charge in [-0.05, 0) is 0 Å². The molecule has 0 heterocycles. The van der Waals surface area contributed by atoms with Crippen LogP contribution in [0, 0.1) is 5.92 Å². The molecule has 1 fully saturated rings. The summed E-state index contributed by atoms with van der Waals surface area (Å²) in [5.74, 6) is -1.95. The molecular formula is C7H8O6. The van der Waals surface area contributed by atoms with E-state index in [2.05, 4.69) is 16.1 Å². The van der Waals surface area contributed by atoms with Gasteiger partial charge >= 0.3 is 12.3 Å². The number of rotatable bonds is 3. The minimum absolute atomic E-state index is 0.190. The van der Waals surface area contributed by atoms with Gasteiger partial charge in [0.1, 0.15) is 0 Å². The van der Waals surface area contributed by atoms with Gasteiger partial charge in [0, 0.05) is 6.42 Å². The molecule has 0 spiro atoms. The first-order chi connectivity index (χ1) is 6.00. The largest absolute Gasteiger partial charge is 0.509 e. The van der Waals surface area contributed by atoms with E-state index < -0.39 is 18.1 Å². The monoisotopic (exact) mass is 188 g/mol. The summed E-state index contributed by atoms with van der Waals surface area (Å²) in [7, 11) is 0. The van der Waals surface area contributed by atoms with Crippen molar-refractivity contribution >= 4 is 12.3 Å². The van der Waals surface area contributed by atoms with Crippen LogP contribution in [0.5, 0.6) is 0 Å². The van der Waals surface area contributed by atoms with Gasteiger partial charge < -0.3 is 19.7 Å². The number of hydrogen-bond acceptors (Lipinski definition) is 4. The first-order valence-electron chi connectivity index (χ1n) is 3.46. The molecule has 1 atom stereocenters. The Morgan fingerprint density at radius 1 is 1.38 bits per heavy atom. The van der Waals surface area contributed by atoms with Crippen molar-refractivity contribution < 1.29 is 29.3 Å². The van der Waals surface area contributed by atoms with Gasteiger partial charge in [-0.3, -0.25) is 0 Å². The van der Waals surface area contributed by atoms with Crippen LogP contribution in [0.2, 0.25) is 0 Å². The SMILES string of the molecule is C=CC1CC1(OC(=O)O)OC(=O)O. The zero-order valence-electron chi connectivity index (χ0n) is 6.60. The molecule has 6 nitrogen and oxygen atoms in total. The summed E-state index contributed by atoms with van der Waals surface area (Å²) in [6.07, 6.45) is -1.54. The first-order valence-corrected chi connectivity index (χ1v) is 3.46. The third-order valence-electron chi connectivity index (χ3n) is 1.71. The van der Waals surface area contributed by atoms with E-state index in [1.165, 1.54) is 6.08 Å². The Hall–Kier alpha value is -1.72. The van der Waals surface area contributed by atoms with Crippen molar-refractivity contribution in [3.05, 3.63) is 12.7 Å². The van der Waals surface area contributed by atoms with E-state index in [0.717, 1.165) is 0 Å². The van der Waals surface area contributed by atoms with E-state index in [4.69, 9.17) is 10.2 Å². The van der Waals surface area contributed by atoms with Gasteiger partial charge in [-0.2, -0.15) is 0 Å². The highest BCUT2D eigenvalue weighted by atomic mass is 16.8. The Kier molecular flexibility index (Phi) is 2.14. The van der Waals surface area contributed by atoms with E-state index in [-0.39, 0.29) is 12.3 Å². The van der Waals surface area contributed by atoms with Crippen LogP contribution in [0.4, 0.5) is 9.59 Å². The Labute approximate surface area is 73.4 Å². The highest BCUT2D eigenvalue weighted by Gasteiger charge is 2.61. The van der Waals surface area contributed by atoms with Crippen molar-refractivity contribution in [1.82, 2.24) is 0 Å². The van der Waals surface area contributed by atoms with Gasteiger partial charge in [0.2, 0.25) is 0 Å². The summed E-state index contributed by atoms with van der Waals surface area (Å²) in [5, 5.41) is 16.6. The summed E-state index contributed by atoms with van der Waals surface area (Å²) >= 11 is 0. The molecule has 1 rings (SSSR count). The molecule has 72 valence electrons. The molecule has 0 aromatic heterocycles. The Balaban J connectivity index is 2.62. The fourth-order valence-corrected chi connectivity index (χ4v) is 1.06. The third-order valence-corrected chi connectivity index (χ3v) is 1.71. The molecule has 0 radical (unpaired) electrons. The van der Waals surface area contributed by atoms with E-state index in [0.29, 0.717) is 0 Å². The van der Waals surface area contributed by atoms with Crippen LogP contribution < -0.4 is 0 Å². The summed E-state index contributed by atoms with van der Waals surface area (Å²) < 4.78 is 8.61. The van der Waals surface area contributed by atoms with Crippen molar-refractivity contribution in [3.8, 4) is 0 Å². The number of hydrogen-bond donors (Lipinski definition) is 2. The van der Waals surface area contributed by atoms with Crippen LogP contribution in [0.25, 0.3) is 0 Å². The fourth-order valence-electron chi connectivity index (χ4n) is 1.06. The van der Waals surface area contributed by atoms with Crippen molar-refractivity contribution in [2.24, 2.45) is 5.92 Å². The van der Waals surface area contributed by atoms with Gasteiger partial charge in [-0.15, -0.1) is 6.58 Å². The van der Waals surface area contributed by atoms with E-state index in [1.54, 1.807) is 0 Å². The average Bonchev–Trinajstić information content (AvgIpc) is 2.59. The molecule has 2 N–H and O–H groups in total. The van der Waals surface area contributed by atoms with E-state index >= 15 is 0 Å². The highest BCUT2D eigenvalue weighted by molar-refractivity contribution is 5.61. The molecule has 1 unspecified atom stereocenters. The molecule has 0 bridgehead atoms. The van der Waals surface area contributed by atoms with Crippen LogP contribution in [0.1, 0.15) is 6.42 Å². The lowest BCUT2D eigenvalue weighted by molar-refractivity contribution is -0.118. The van der Waals surface area contributed by atoms with Crippen LogP contribution in [-0.2, 0) is 9.47 Å². The second-order valence-corrected chi connectivity index (χ2v) is 2.59. The summed E-state index contributed by atoms with van der Waals surface area (Å²) in [6.45, 7) is 3.39. The zero-order chi connectivity index (χ0) is 10.1. The fraction of sp³-hybridized carbons (Fsp3) is 0.429. The molecular weight excluding hydrogens is 180 g/mol. The van der Waals surface area contributed by atoms with Crippen molar-refractivity contribution in [1.29, 1.82) is 0 Å². The summed E-state index contributed by atoms with van der Waals surface area (Å²) in [5.41, 5.74) is 0. The third kappa shape index (κ3) is 1.90.